The number of hydrogen-bond donors (Lipinski definition) is 8. The van der Waals surface area contributed by atoms with Crippen molar-refractivity contribution in [2.75, 3.05) is 13.1 Å². The largest absolute Gasteiger partial charge is 0.354 e. The second-order valence-corrected chi connectivity index (χ2v) is 15.6. The maximum atomic E-state index is 13.9. The Bertz CT molecular complexity index is 1560. The number of unbranched alkanes of at least 4 members (excludes halogenated alkanes) is 2. The molecular weight excluding hydrogens is 713 g/mol. The summed E-state index contributed by atoms with van der Waals surface area (Å²) in [6, 6.07) is 13.7. The number of nitrogens with one attached hydrogen (secondary N) is 6. The fourth-order valence-corrected chi connectivity index (χ4v) is 6.63. The molecule has 0 saturated carbocycles. The average molecular weight is 777 g/mol. The normalized spacial score (nSPS) is 17.6. The molecule has 0 unspecified atom stereocenters. The van der Waals surface area contributed by atoms with E-state index in [1.165, 1.54) is 0 Å². The Morgan fingerprint density at radius 1 is 0.643 bits per heavy atom. The Kier molecular flexibility index (Phi) is 19.5. The molecule has 10 N–H and O–H groups in total. The van der Waals surface area contributed by atoms with Crippen molar-refractivity contribution in [3.63, 3.8) is 0 Å². The first-order valence-corrected chi connectivity index (χ1v) is 20.1. The minimum atomic E-state index is -1.02. The molecule has 0 spiro atoms. The predicted molar refractivity (Wildman–Crippen MR) is 217 cm³/mol. The van der Waals surface area contributed by atoms with Gasteiger partial charge < -0.3 is 43.4 Å². The monoisotopic (exact) mass is 776 g/mol. The van der Waals surface area contributed by atoms with Crippen LogP contribution >= 0.6 is 0 Å². The second-order valence-electron chi connectivity index (χ2n) is 15.6. The van der Waals surface area contributed by atoms with Crippen molar-refractivity contribution < 1.29 is 28.8 Å². The second kappa shape index (κ2) is 24.0. The number of amides is 6. The van der Waals surface area contributed by atoms with Crippen molar-refractivity contribution in [2.24, 2.45) is 23.3 Å². The van der Waals surface area contributed by atoms with Crippen molar-refractivity contribution in [2.45, 2.75) is 128 Å². The third-order valence-electron chi connectivity index (χ3n) is 9.66. The number of rotatable bonds is 24. The van der Waals surface area contributed by atoms with Crippen LogP contribution in [-0.2, 0) is 41.6 Å². The molecule has 1 aliphatic heterocycles. The molecule has 0 bridgehead atoms. The van der Waals surface area contributed by atoms with E-state index in [2.05, 4.69) is 31.9 Å². The molecule has 308 valence electrons. The minimum Gasteiger partial charge on any atom is -0.354 e. The van der Waals surface area contributed by atoms with Crippen LogP contribution in [-0.4, -0.2) is 84.8 Å². The first kappa shape index (κ1) is 45.6. The number of piperazine rings is 1. The molecule has 1 heterocycles. The zero-order valence-electron chi connectivity index (χ0n) is 33.5. The van der Waals surface area contributed by atoms with Crippen molar-refractivity contribution in [1.82, 2.24) is 31.9 Å². The van der Waals surface area contributed by atoms with Crippen LogP contribution in [0.25, 0.3) is 0 Å². The fourth-order valence-electron chi connectivity index (χ4n) is 6.63. The fraction of sp³-hybridized carbons (Fsp3) is 0.571. The molecule has 56 heavy (non-hydrogen) atoms. The van der Waals surface area contributed by atoms with Crippen LogP contribution in [0.5, 0.6) is 0 Å². The highest BCUT2D eigenvalue weighted by molar-refractivity contribution is 5.97. The Morgan fingerprint density at radius 2 is 1.20 bits per heavy atom. The highest BCUT2D eigenvalue weighted by Crippen LogP contribution is 2.13. The summed E-state index contributed by atoms with van der Waals surface area (Å²) in [5.41, 5.74) is 13.7. The summed E-state index contributed by atoms with van der Waals surface area (Å²) in [5, 5.41) is 17.1. The number of benzene rings is 2. The van der Waals surface area contributed by atoms with Crippen molar-refractivity contribution >= 4 is 35.4 Å². The molecule has 0 aromatic heterocycles. The third kappa shape index (κ3) is 16.1. The van der Waals surface area contributed by atoms with Crippen molar-refractivity contribution in [3.8, 4) is 0 Å². The standard InChI is InChI=1S/C42H64N8O6/c1-27(2)23-34-41(55)47-33(39(53)49-34)20-12-14-22-45-38(52)32(19-11-13-21-43)46-40(54)35(24-28(3)4)50-42(56)36(26-30-17-9-6-10-18-30)48-37(51)31(44)25-29-15-7-5-8-16-29/h5-10,15-18,27-28,31-36H,11-14,19-26,43-44H2,1-4H3,(H,45,52)(H,46,54)(H,47,55)(H,48,51)(H,49,53)(H,50,56)/t31-,32-,33-,34+,35-,36-/m1/s1. The van der Waals surface area contributed by atoms with Crippen molar-refractivity contribution in [1.29, 1.82) is 0 Å². The molecule has 3 rings (SSSR count). The van der Waals surface area contributed by atoms with Gasteiger partial charge in [0.05, 0.1) is 6.04 Å². The van der Waals surface area contributed by atoms with Crippen LogP contribution in [0.4, 0.5) is 0 Å². The van der Waals surface area contributed by atoms with E-state index in [-0.39, 0.29) is 48.8 Å². The molecule has 2 aromatic rings. The SMILES string of the molecule is CC(C)C[C@@H]1NC(=O)[C@@H](CCCCNC(=O)[C@@H](CCCCN)NC(=O)[C@@H](CC(C)C)NC(=O)[C@@H](Cc2ccccc2)NC(=O)[C@H](N)Cc2ccccc2)NC1=O. The minimum absolute atomic E-state index is 0.00847. The third-order valence-corrected chi connectivity index (χ3v) is 9.66. The van der Waals surface area contributed by atoms with Crippen LogP contribution in [0.2, 0.25) is 0 Å². The van der Waals surface area contributed by atoms with Gasteiger partial charge in [-0.25, -0.2) is 0 Å². The van der Waals surface area contributed by atoms with E-state index in [1.807, 2.05) is 88.4 Å². The zero-order chi connectivity index (χ0) is 41.0. The molecule has 1 saturated heterocycles. The maximum Gasteiger partial charge on any atom is 0.243 e. The zero-order valence-corrected chi connectivity index (χ0v) is 33.5. The summed E-state index contributed by atoms with van der Waals surface area (Å²) in [7, 11) is 0. The lowest BCUT2D eigenvalue weighted by atomic mass is 9.98. The molecule has 0 radical (unpaired) electrons. The highest BCUT2D eigenvalue weighted by atomic mass is 16.2. The summed E-state index contributed by atoms with van der Waals surface area (Å²) in [5.74, 6) is -2.03. The van der Waals surface area contributed by atoms with Crippen LogP contribution in [0.3, 0.4) is 0 Å². The van der Waals surface area contributed by atoms with E-state index >= 15 is 0 Å². The molecule has 2 aromatic carbocycles. The van der Waals surface area contributed by atoms with Crippen LogP contribution in [0, 0.1) is 11.8 Å². The number of hydrogen-bond acceptors (Lipinski definition) is 8. The summed E-state index contributed by atoms with van der Waals surface area (Å²) >= 11 is 0. The molecule has 14 heteroatoms. The molecule has 6 amide bonds. The molecule has 0 aliphatic carbocycles. The Morgan fingerprint density at radius 3 is 1.80 bits per heavy atom. The predicted octanol–water partition coefficient (Wildman–Crippen LogP) is 1.74. The smallest absolute Gasteiger partial charge is 0.243 e. The number of nitrogens with two attached hydrogens (primary N) is 2. The van der Waals surface area contributed by atoms with Gasteiger partial charge in [0, 0.05) is 13.0 Å². The van der Waals surface area contributed by atoms with E-state index in [4.69, 9.17) is 11.5 Å². The van der Waals surface area contributed by atoms with Gasteiger partial charge in [-0.15, -0.1) is 0 Å². The molecule has 14 nitrogen and oxygen atoms in total. The quantitative estimate of drug-likeness (QED) is 0.0732. The molecule has 1 fully saturated rings. The summed E-state index contributed by atoms with van der Waals surface area (Å²) in [6.45, 7) is 8.58. The van der Waals surface area contributed by atoms with E-state index in [1.54, 1.807) is 0 Å². The van der Waals surface area contributed by atoms with E-state index in [9.17, 15) is 28.8 Å². The molecule has 1 aliphatic rings. The first-order valence-electron chi connectivity index (χ1n) is 20.1. The average Bonchev–Trinajstić information content (AvgIpc) is 3.15. The lowest BCUT2D eigenvalue weighted by Crippen LogP contribution is -2.61. The van der Waals surface area contributed by atoms with Crippen LogP contribution in [0.1, 0.15) is 90.2 Å². The van der Waals surface area contributed by atoms with E-state index in [0.717, 1.165) is 11.1 Å². The van der Waals surface area contributed by atoms with Crippen molar-refractivity contribution in [3.05, 3.63) is 71.8 Å². The lowest BCUT2D eigenvalue weighted by molar-refractivity contribution is -0.137. The summed E-state index contributed by atoms with van der Waals surface area (Å²) in [6.07, 6.45) is 4.48. The Labute approximate surface area is 331 Å². The van der Waals surface area contributed by atoms with Crippen LogP contribution in [0.15, 0.2) is 60.7 Å². The number of carbonyl (C=O) groups is 6. The number of carbonyl (C=O) groups excluding carboxylic acids is 6. The summed E-state index contributed by atoms with van der Waals surface area (Å²) in [4.78, 5) is 79.5. The van der Waals surface area contributed by atoms with Gasteiger partial charge >= 0.3 is 0 Å². The topological polar surface area (TPSA) is 227 Å². The summed E-state index contributed by atoms with van der Waals surface area (Å²) < 4.78 is 0. The van der Waals surface area contributed by atoms with Gasteiger partial charge in [0.25, 0.3) is 0 Å². The van der Waals surface area contributed by atoms with Gasteiger partial charge in [-0.1, -0.05) is 88.4 Å². The van der Waals surface area contributed by atoms with Gasteiger partial charge in [-0.05, 0) is 87.3 Å². The van der Waals surface area contributed by atoms with Gasteiger partial charge in [-0.3, -0.25) is 28.8 Å². The molecule has 6 atom stereocenters. The van der Waals surface area contributed by atoms with Gasteiger partial charge in [-0.2, -0.15) is 0 Å². The van der Waals surface area contributed by atoms with Crippen LogP contribution < -0.4 is 43.4 Å². The first-order chi connectivity index (χ1) is 26.8. The Hall–Kier alpha value is -4.82. The van der Waals surface area contributed by atoms with Gasteiger partial charge in [0.15, 0.2) is 0 Å². The Balaban J connectivity index is 1.63. The highest BCUT2D eigenvalue weighted by Gasteiger charge is 2.34. The van der Waals surface area contributed by atoms with Gasteiger partial charge in [0.2, 0.25) is 35.4 Å². The van der Waals surface area contributed by atoms with E-state index < -0.39 is 54.0 Å². The lowest BCUT2D eigenvalue weighted by Gasteiger charge is -2.30. The van der Waals surface area contributed by atoms with E-state index in [0.29, 0.717) is 58.0 Å². The van der Waals surface area contributed by atoms with Gasteiger partial charge in [0.1, 0.15) is 30.2 Å². The molecular formula is C42H64N8O6. The maximum absolute atomic E-state index is 13.9.